The van der Waals surface area contributed by atoms with Gasteiger partial charge >= 0.3 is 0 Å². The van der Waals surface area contributed by atoms with Gasteiger partial charge in [-0.2, -0.15) is 5.11 Å². The van der Waals surface area contributed by atoms with Crippen LogP contribution < -0.4 is 10.2 Å². The van der Waals surface area contributed by atoms with E-state index in [2.05, 4.69) is 15.7 Å². The fourth-order valence-electron chi connectivity index (χ4n) is 3.62. The van der Waals surface area contributed by atoms with E-state index in [1.807, 2.05) is 32.0 Å². The number of hydrogen-bond acceptors (Lipinski definition) is 6. The first kappa shape index (κ1) is 19.1. The molecule has 8 nitrogen and oxygen atoms in total. The Morgan fingerprint density at radius 2 is 1.83 bits per heavy atom. The van der Waals surface area contributed by atoms with Crippen molar-refractivity contribution in [2.75, 3.05) is 16.8 Å². The van der Waals surface area contributed by atoms with Crippen molar-refractivity contribution < 1.29 is 14.4 Å². The Kier molecular flexibility index (Phi) is 4.79. The highest BCUT2D eigenvalue weighted by atomic mass is 35.5. The molecule has 2 aliphatic rings. The van der Waals surface area contributed by atoms with Crippen LogP contribution in [0.3, 0.4) is 0 Å². The highest BCUT2D eigenvalue weighted by molar-refractivity contribution is 6.31. The number of anilines is 2. The second kappa shape index (κ2) is 7.29. The Balaban J connectivity index is 1.49. The molecule has 0 radical (unpaired) electrons. The van der Waals surface area contributed by atoms with Gasteiger partial charge in [0.1, 0.15) is 6.54 Å². The van der Waals surface area contributed by atoms with E-state index in [4.69, 9.17) is 11.6 Å². The maximum Gasteiger partial charge on any atom is 0.263 e. The lowest BCUT2D eigenvalue weighted by Crippen LogP contribution is -2.43. The normalized spacial score (nSPS) is 20.4. The predicted octanol–water partition coefficient (Wildman–Crippen LogP) is 2.89. The van der Waals surface area contributed by atoms with Gasteiger partial charge in [-0.15, -0.1) is 0 Å². The molecule has 2 atom stereocenters. The summed E-state index contributed by atoms with van der Waals surface area (Å²) in [7, 11) is 0. The quantitative estimate of drug-likeness (QED) is 0.782. The number of halogens is 1. The van der Waals surface area contributed by atoms with Crippen molar-refractivity contribution in [2.45, 2.75) is 25.9 Å². The molecule has 4 rings (SSSR count). The molecule has 0 unspecified atom stereocenters. The van der Waals surface area contributed by atoms with Crippen molar-refractivity contribution >= 4 is 40.7 Å². The first-order valence-corrected chi connectivity index (χ1v) is 9.40. The molecule has 0 spiro atoms. The predicted molar refractivity (Wildman–Crippen MR) is 108 cm³/mol. The summed E-state index contributed by atoms with van der Waals surface area (Å²) < 4.78 is 0. The van der Waals surface area contributed by atoms with Gasteiger partial charge in [0, 0.05) is 10.7 Å². The van der Waals surface area contributed by atoms with Crippen molar-refractivity contribution in [1.29, 1.82) is 0 Å². The Labute approximate surface area is 172 Å². The number of benzene rings is 2. The number of hydrogen-bond donors (Lipinski definition) is 1. The largest absolute Gasteiger partial charge is 0.324 e. The second-order valence-corrected chi connectivity index (χ2v) is 7.54. The van der Waals surface area contributed by atoms with E-state index in [9.17, 15) is 14.4 Å². The summed E-state index contributed by atoms with van der Waals surface area (Å²) in [6.07, 6.45) is 0. The van der Waals surface area contributed by atoms with Gasteiger partial charge in [-0.05, 0) is 55.3 Å². The maximum absolute atomic E-state index is 12.9. The Morgan fingerprint density at radius 3 is 2.52 bits per heavy atom. The molecule has 0 aromatic heterocycles. The van der Waals surface area contributed by atoms with E-state index in [0.717, 1.165) is 16.0 Å². The molecule has 1 N–H and O–H groups in total. The Morgan fingerprint density at radius 1 is 1.10 bits per heavy atom. The molecule has 9 heteroatoms. The number of carbonyl (C=O) groups is 3. The van der Waals surface area contributed by atoms with E-state index < -0.39 is 23.9 Å². The Hall–Kier alpha value is -3.26. The molecule has 3 amide bonds. The molecule has 2 aromatic carbocycles. The summed E-state index contributed by atoms with van der Waals surface area (Å²) in [6.45, 7) is 3.68. The van der Waals surface area contributed by atoms with E-state index in [1.165, 1.54) is 11.1 Å². The van der Waals surface area contributed by atoms with Gasteiger partial charge in [-0.25, -0.2) is 4.90 Å². The molecule has 1 saturated heterocycles. The fraction of sp³-hybridized carbons (Fsp3) is 0.250. The third-order valence-corrected chi connectivity index (χ3v) is 4.97. The first-order valence-electron chi connectivity index (χ1n) is 9.02. The van der Waals surface area contributed by atoms with Crippen molar-refractivity contribution in [2.24, 2.45) is 10.3 Å². The lowest BCUT2D eigenvalue weighted by Gasteiger charge is -2.20. The van der Waals surface area contributed by atoms with Gasteiger partial charge in [0.25, 0.3) is 11.8 Å². The van der Waals surface area contributed by atoms with Crippen LogP contribution in [-0.4, -0.2) is 41.4 Å². The zero-order valence-electron chi connectivity index (χ0n) is 15.8. The van der Waals surface area contributed by atoms with E-state index in [-0.39, 0.29) is 12.5 Å². The zero-order valence-corrected chi connectivity index (χ0v) is 16.6. The Bertz CT molecular complexity index is 1030. The summed E-state index contributed by atoms with van der Waals surface area (Å²) in [5.41, 5.74) is 3.08. The second-order valence-electron chi connectivity index (χ2n) is 7.11. The molecular formula is C20H18ClN5O3. The number of carbonyl (C=O) groups excluding carboxylic acids is 3. The summed E-state index contributed by atoms with van der Waals surface area (Å²) in [5, 5.41) is 12.3. The minimum absolute atomic E-state index is 0.194. The first-order chi connectivity index (χ1) is 13.8. The molecule has 2 aliphatic heterocycles. The number of fused-ring (bicyclic) bond motifs is 1. The van der Waals surface area contributed by atoms with E-state index >= 15 is 0 Å². The van der Waals surface area contributed by atoms with E-state index in [0.29, 0.717) is 16.4 Å². The topological polar surface area (TPSA) is 94.4 Å². The number of nitrogens with one attached hydrogen (secondary N) is 1. The number of aryl methyl sites for hydroxylation is 2. The standard InChI is InChI=1S/C20H18ClN5O3/c1-11-6-12(2)8-14(7-11)22-16(27)10-25-18-17(23-24-25)19(28)26(20(18)29)15-5-3-4-13(21)9-15/h3-9,17-18H,10H2,1-2H3,(H,22,27)/t17-,18-/m0/s1. The van der Waals surface area contributed by atoms with Gasteiger partial charge in [0.2, 0.25) is 5.91 Å². The molecule has 148 valence electrons. The van der Waals surface area contributed by atoms with Gasteiger partial charge in [0.15, 0.2) is 12.1 Å². The fourth-order valence-corrected chi connectivity index (χ4v) is 3.80. The minimum atomic E-state index is -0.963. The van der Waals surface area contributed by atoms with Crippen LogP contribution in [0, 0.1) is 13.8 Å². The van der Waals surface area contributed by atoms with Gasteiger partial charge in [-0.3, -0.25) is 19.4 Å². The lowest BCUT2D eigenvalue weighted by molar-refractivity contribution is -0.123. The number of nitrogens with zero attached hydrogens (tertiary/aromatic N) is 4. The van der Waals surface area contributed by atoms with Crippen LogP contribution in [0.15, 0.2) is 52.8 Å². The third-order valence-electron chi connectivity index (χ3n) is 4.74. The van der Waals surface area contributed by atoms with Crippen LogP contribution in [0.5, 0.6) is 0 Å². The van der Waals surface area contributed by atoms with Gasteiger partial charge in [0.05, 0.1) is 5.69 Å². The highest BCUT2D eigenvalue weighted by Crippen LogP contribution is 2.32. The van der Waals surface area contributed by atoms with Crippen molar-refractivity contribution in [1.82, 2.24) is 5.01 Å². The molecular weight excluding hydrogens is 394 g/mol. The molecule has 0 bridgehead atoms. The van der Waals surface area contributed by atoms with Crippen LogP contribution >= 0.6 is 11.6 Å². The van der Waals surface area contributed by atoms with Crippen molar-refractivity contribution in [3.63, 3.8) is 0 Å². The molecule has 29 heavy (non-hydrogen) atoms. The molecule has 0 saturated carbocycles. The average Bonchev–Trinajstić information content (AvgIpc) is 3.14. The monoisotopic (exact) mass is 411 g/mol. The summed E-state index contributed by atoms with van der Waals surface area (Å²) >= 11 is 5.98. The zero-order chi connectivity index (χ0) is 20.7. The number of amides is 3. The number of imide groups is 1. The molecule has 2 aromatic rings. The van der Waals surface area contributed by atoms with Crippen molar-refractivity contribution in [3.8, 4) is 0 Å². The average molecular weight is 412 g/mol. The smallest absolute Gasteiger partial charge is 0.263 e. The van der Waals surface area contributed by atoms with Crippen LogP contribution in [0.1, 0.15) is 11.1 Å². The summed E-state index contributed by atoms with van der Waals surface area (Å²) in [6, 6.07) is 10.3. The van der Waals surface area contributed by atoms with Crippen LogP contribution in [0.2, 0.25) is 5.02 Å². The minimum Gasteiger partial charge on any atom is -0.324 e. The van der Waals surface area contributed by atoms with Crippen LogP contribution in [-0.2, 0) is 14.4 Å². The van der Waals surface area contributed by atoms with Crippen LogP contribution in [0.4, 0.5) is 11.4 Å². The van der Waals surface area contributed by atoms with Crippen molar-refractivity contribution in [3.05, 3.63) is 58.6 Å². The SMILES string of the molecule is Cc1cc(C)cc(NC(=O)CN2N=N[C@@H]3C(=O)N(c4cccc(Cl)c4)C(=O)[C@H]32)c1. The number of rotatable bonds is 4. The molecule has 2 heterocycles. The molecule has 1 fully saturated rings. The van der Waals surface area contributed by atoms with Gasteiger partial charge < -0.3 is 5.32 Å². The maximum atomic E-state index is 12.9. The summed E-state index contributed by atoms with van der Waals surface area (Å²) in [4.78, 5) is 39.1. The van der Waals surface area contributed by atoms with E-state index in [1.54, 1.807) is 18.2 Å². The lowest BCUT2D eigenvalue weighted by atomic mass is 10.1. The van der Waals surface area contributed by atoms with Gasteiger partial charge in [-0.1, -0.05) is 29.0 Å². The molecule has 0 aliphatic carbocycles. The summed E-state index contributed by atoms with van der Waals surface area (Å²) in [5.74, 6) is -1.31. The highest BCUT2D eigenvalue weighted by Gasteiger charge is 2.55. The third kappa shape index (κ3) is 3.58. The van der Waals surface area contributed by atoms with Crippen LogP contribution in [0.25, 0.3) is 0 Å².